The fourth-order valence-corrected chi connectivity index (χ4v) is 3.09. The molecule has 0 saturated heterocycles. The highest BCUT2D eigenvalue weighted by Crippen LogP contribution is 2.27. The monoisotopic (exact) mass is 310 g/mol. The summed E-state index contributed by atoms with van der Waals surface area (Å²) in [4.78, 5) is 15.0. The van der Waals surface area contributed by atoms with Crippen molar-refractivity contribution in [3.05, 3.63) is 35.0 Å². The van der Waals surface area contributed by atoms with E-state index in [0.29, 0.717) is 4.88 Å². The normalized spacial score (nSPS) is 11.0. The molecule has 3 nitrogen and oxygen atoms in total. The molecule has 106 valence electrons. The lowest BCUT2D eigenvalue weighted by Gasteiger charge is -2.25. The third-order valence-electron chi connectivity index (χ3n) is 2.90. The number of halogens is 1. The molecule has 0 radical (unpaired) electrons. The van der Waals surface area contributed by atoms with Gasteiger partial charge < -0.3 is 10.6 Å². The van der Waals surface area contributed by atoms with E-state index in [-0.39, 0.29) is 29.3 Å². The van der Waals surface area contributed by atoms with E-state index in [1.165, 1.54) is 23.5 Å². The van der Waals surface area contributed by atoms with Crippen LogP contribution in [0.2, 0.25) is 0 Å². The van der Waals surface area contributed by atoms with Gasteiger partial charge in [-0.3, -0.25) is 4.79 Å². The Morgan fingerprint density at radius 2 is 2.15 bits per heavy atom. The van der Waals surface area contributed by atoms with E-state index in [1.807, 2.05) is 13.8 Å². The lowest BCUT2D eigenvalue weighted by atomic mass is 10.2. The summed E-state index contributed by atoms with van der Waals surface area (Å²) >= 11 is 6.16. The molecule has 20 heavy (non-hydrogen) atoms. The Labute approximate surface area is 126 Å². The maximum atomic E-state index is 13.2. The SMILES string of the molecule is CC(C)N(CC(N)=S)C(=O)c1cc2ccc(F)cc2s1. The minimum absolute atomic E-state index is 0.00838. The van der Waals surface area contributed by atoms with E-state index in [4.69, 9.17) is 18.0 Å². The van der Waals surface area contributed by atoms with Gasteiger partial charge in [-0.25, -0.2) is 4.39 Å². The van der Waals surface area contributed by atoms with Gasteiger partial charge in [-0.15, -0.1) is 11.3 Å². The molecule has 2 rings (SSSR count). The zero-order valence-corrected chi connectivity index (χ0v) is 12.9. The molecule has 0 spiro atoms. The molecule has 0 bridgehead atoms. The number of nitrogens with zero attached hydrogens (tertiary/aromatic N) is 1. The Morgan fingerprint density at radius 1 is 1.45 bits per heavy atom. The molecule has 0 aliphatic rings. The highest BCUT2D eigenvalue weighted by molar-refractivity contribution is 7.80. The summed E-state index contributed by atoms with van der Waals surface area (Å²) < 4.78 is 13.9. The van der Waals surface area contributed by atoms with Crippen LogP contribution in [0.3, 0.4) is 0 Å². The van der Waals surface area contributed by atoms with Gasteiger partial charge in [-0.2, -0.15) is 0 Å². The first-order valence-corrected chi connectivity index (χ1v) is 7.39. The summed E-state index contributed by atoms with van der Waals surface area (Å²) in [6.07, 6.45) is 0. The van der Waals surface area contributed by atoms with Gasteiger partial charge in [0.2, 0.25) is 0 Å². The fourth-order valence-electron chi connectivity index (χ4n) is 1.91. The second-order valence-corrected chi connectivity index (χ2v) is 6.39. The number of carbonyl (C=O) groups is 1. The largest absolute Gasteiger partial charge is 0.392 e. The summed E-state index contributed by atoms with van der Waals surface area (Å²) in [5.74, 6) is -0.434. The fraction of sp³-hybridized carbons (Fsp3) is 0.286. The van der Waals surface area contributed by atoms with Crippen LogP contribution in [0.4, 0.5) is 4.39 Å². The molecular weight excluding hydrogens is 295 g/mol. The predicted molar refractivity (Wildman–Crippen MR) is 84.7 cm³/mol. The van der Waals surface area contributed by atoms with Gasteiger partial charge in [0.25, 0.3) is 5.91 Å². The quantitative estimate of drug-likeness (QED) is 0.882. The summed E-state index contributed by atoms with van der Waals surface area (Å²) in [5.41, 5.74) is 5.53. The molecule has 0 saturated carbocycles. The molecule has 6 heteroatoms. The molecule has 0 aliphatic heterocycles. The Hall–Kier alpha value is -1.53. The molecule has 1 heterocycles. The predicted octanol–water partition coefficient (Wildman–Crippen LogP) is 3.18. The number of hydrogen-bond donors (Lipinski definition) is 1. The van der Waals surface area contributed by atoms with Crippen molar-refractivity contribution in [3.8, 4) is 0 Å². The first-order valence-electron chi connectivity index (χ1n) is 6.17. The van der Waals surface area contributed by atoms with Crippen LogP contribution in [-0.4, -0.2) is 28.4 Å². The number of thiocarbonyl (C=S) groups is 1. The van der Waals surface area contributed by atoms with Crippen LogP contribution in [-0.2, 0) is 0 Å². The van der Waals surface area contributed by atoms with Crippen molar-refractivity contribution in [2.45, 2.75) is 19.9 Å². The number of amides is 1. The summed E-state index contributed by atoms with van der Waals surface area (Å²) in [5, 5.41) is 0.860. The van der Waals surface area contributed by atoms with Gasteiger partial charge in [-0.05, 0) is 37.4 Å². The average Bonchev–Trinajstić information content (AvgIpc) is 2.77. The maximum absolute atomic E-state index is 13.2. The van der Waals surface area contributed by atoms with Crippen molar-refractivity contribution in [2.24, 2.45) is 5.73 Å². The van der Waals surface area contributed by atoms with Gasteiger partial charge in [0, 0.05) is 10.7 Å². The molecule has 0 atom stereocenters. The topological polar surface area (TPSA) is 46.3 Å². The van der Waals surface area contributed by atoms with Crippen molar-refractivity contribution < 1.29 is 9.18 Å². The first kappa shape index (κ1) is 14.9. The maximum Gasteiger partial charge on any atom is 0.264 e. The molecule has 0 fully saturated rings. The van der Waals surface area contributed by atoms with Gasteiger partial charge in [0.05, 0.1) is 16.4 Å². The summed E-state index contributed by atoms with van der Waals surface area (Å²) in [6, 6.07) is 6.26. The number of hydrogen-bond acceptors (Lipinski definition) is 3. The van der Waals surface area contributed by atoms with Crippen molar-refractivity contribution in [1.82, 2.24) is 4.90 Å². The number of thiophene rings is 1. The molecule has 2 aromatic rings. The average molecular weight is 310 g/mol. The molecule has 1 aromatic carbocycles. The molecule has 0 aliphatic carbocycles. The van der Waals surface area contributed by atoms with Crippen LogP contribution in [0.5, 0.6) is 0 Å². The second kappa shape index (κ2) is 5.85. The Bertz CT molecular complexity index is 666. The van der Waals surface area contributed by atoms with Crippen LogP contribution in [0.15, 0.2) is 24.3 Å². The van der Waals surface area contributed by atoms with Gasteiger partial charge in [0.1, 0.15) is 5.82 Å². The van der Waals surface area contributed by atoms with E-state index < -0.39 is 0 Å². The van der Waals surface area contributed by atoms with E-state index in [0.717, 1.165) is 10.1 Å². The zero-order valence-electron chi connectivity index (χ0n) is 11.2. The standard InChI is InChI=1S/C14H15FN2OS2/c1-8(2)17(7-13(16)19)14(18)12-5-9-3-4-10(15)6-11(9)20-12/h3-6,8H,7H2,1-2H3,(H2,16,19). The highest BCUT2D eigenvalue weighted by Gasteiger charge is 2.21. The number of carbonyl (C=O) groups excluding carboxylic acids is 1. The Balaban J connectivity index is 2.35. The smallest absolute Gasteiger partial charge is 0.264 e. The van der Waals surface area contributed by atoms with Crippen LogP contribution < -0.4 is 5.73 Å². The highest BCUT2D eigenvalue weighted by atomic mass is 32.1. The lowest BCUT2D eigenvalue weighted by molar-refractivity contribution is 0.0741. The molecular formula is C14H15FN2OS2. The molecule has 1 aromatic heterocycles. The minimum atomic E-state index is -0.304. The van der Waals surface area contributed by atoms with E-state index >= 15 is 0 Å². The second-order valence-electron chi connectivity index (χ2n) is 4.79. The molecule has 2 N–H and O–H groups in total. The summed E-state index contributed by atoms with van der Waals surface area (Å²) in [6.45, 7) is 4.06. The first-order chi connectivity index (χ1) is 9.38. The van der Waals surface area contributed by atoms with E-state index in [2.05, 4.69) is 0 Å². The van der Waals surface area contributed by atoms with E-state index in [9.17, 15) is 9.18 Å². The number of fused-ring (bicyclic) bond motifs is 1. The van der Waals surface area contributed by atoms with Crippen LogP contribution in [0.1, 0.15) is 23.5 Å². The minimum Gasteiger partial charge on any atom is -0.392 e. The van der Waals surface area contributed by atoms with Gasteiger partial charge in [-0.1, -0.05) is 18.3 Å². The van der Waals surface area contributed by atoms with Crippen molar-refractivity contribution in [3.63, 3.8) is 0 Å². The van der Waals surface area contributed by atoms with Crippen LogP contribution in [0.25, 0.3) is 10.1 Å². The Morgan fingerprint density at radius 3 is 2.75 bits per heavy atom. The van der Waals surface area contributed by atoms with E-state index in [1.54, 1.807) is 17.0 Å². The van der Waals surface area contributed by atoms with Crippen molar-refractivity contribution in [1.29, 1.82) is 0 Å². The van der Waals surface area contributed by atoms with Crippen LogP contribution >= 0.6 is 23.6 Å². The molecule has 1 amide bonds. The van der Waals surface area contributed by atoms with Crippen LogP contribution in [0, 0.1) is 5.82 Å². The third-order valence-corrected chi connectivity index (χ3v) is 4.12. The number of benzene rings is 1. The Kier molecular flexibility index (Phi) is 4.35. The van der Waals surface area contributed by atoms with Crippen molar-refractivity contribution in [2.75, 3.05) is 6.54 Å². The number of nitrogens with two attached hydrogens (primary N) is 1. The summed E-state index contributed by atoms with van der Waals surface area (Å²) in [7, 11) is 0. The third kappa shape index (κ3) is 3.13. The van der Waals surface area contributed by atoms with Gasteiger partial charge in [0.15, 0.2) is 0 Å². The van der Waals surface area contributed by atoms with Crippen molar-refractivity contribution >= 4 is 44.5 Å². The van der Waals surface area contributed by atoms with Gasteiger partial charge >= 0.3 is 0 Å². The molecule has 0 unspecified atom stereocenters. The number of rotatable bonds is 4. The zero-order chi connectivity index (χ0) is 14.9. The lowest BCUT2D eigenvalue weighted by Crippen LogP contribution is -2.41.